The molecule has 0 saturated carbocycles. The van der Waals surface area contributed by atoms with Gasteiger partial charge in [0.2, 0.25) is 5.91 Å². The molecule has 1 fully saturated rings. The number of rotatable bonds is 5. The Morgan fingerprint density at radius 3 is 2.54 bits per heavy atom. The van der Waals surface area contributed by atoms with Crippen molar-refractivity contribution in [3.05, 3.63) is 59.7 Å². The molecule has 4 heteroatoms. The van der Waals surface area contributed by atoms with Crippen molar-refractivity contribution in [3.8, 4) is 5.75 Å². The van der Waals surface area contributed by atoms with Crippen molar-refractivity contribution in [2.45, 2.75) is 32.1 Å². The third-order valence-corrected chi connectivity index (χ3v) is 5.38. The number of thioether (sulfide) groups is 1. The van der Waals surface area contributed by atoms with E-state index < -0.39 is 0 Å². The fraction of sp³-hybridized carbons (Fsp3) is 0.350. The van der Waals surface area contributed by atoms with Crippen molar-refractivity contribution in [1.29, 1.82) is 0 Å². The van der Waals surface area contributed by atoms with Crippen LogP contribution in [0.15, 0.2) is 48.5 Å². The summed E-state index contributed by atoms with van der Waals surface area (Å²) < 4.78 is 5.77. The number of benzene rings is 2. The van der Waals surface area contributed by atoms with E-state index in [2.05, 4.69) is 44.2 Å². The standard InChI is InChI=1S/C20H23NO2S/c1-4-23-18-8-6-5-7-17(18)20-21(19(22)13-24-20)16-11-9-15(10-12-16)14(2)3/h5-12,14,20H,4,13H2,1-3H3/t20-/m0/s1. The molecule has 0 aliphatic carbocycles. The molecule has 2 aromatic carbocycles. The maximum absolute atomic E-state index is 12.5. The molecule has 0 radical (unpaired) electrons. The number of nitrogens with zero attached hydrogens (tertiary/aromatic N) is 1. The minimum atomic E-state index is -0.0369. The Morgan fingerprint density at radius 2 is 1.88 bits per heavy atom. The molecular weight excluding hydrogens is 318 g/mol. The van der Waals surface area contributed by atoms with E-state index in [-0.39, 0.29) is 11.3 Å². The minimum Gasteiger partial charge on any atom is -0.493 e. The third kappa shape index (κ3) is 3.29. The SMILES string of the molecule is CCOc1ccccc1[C@@H]1SCC(=O)N1c1ccc(C(C)C)cc1. The van der Waals surface area contributed by atoms with Crippen molar-refractivity contribution in [1.82, 2.24) is 0 Å². The second-order valence-corrected chi connectivity index (χ2v) is 7.21. The second kappa shape index (κ2) is 7.31. The van der Waals surface area contributed by atoms with E-state index in [1.165, 1.54) is 5.56 Å². The van der Waals surface area contributed by atoms with Crippen LogP contribution in [0, 0.1) is 0 Å². The van der Waals surface area contributed by atoms with Crippen molar-refractivity contribution in [2.24, 2.45) is 0 Å². The van der Waals surface area contributed by atoms with Crippen molar-refractivity contribution in [3.63, 3.8) is 0 Å². The van der Waals surface area contributed by atoms with Gasteiger partial charge in [-0.25, -0.2) is 0 Å². The van der Waals surface area contributed by atoms with Gasteiger partial charge in [0.25, 0.3) is 0 Å². The number of carbonyl (C=O) groups is 1. The number of anilines is 1. The van der Waals surface area contributed by atoms with E-state index in [4.69, 9.17) is 4.74 Å². The Hall–Kier alpha value is -1.94. The van der Waals surface area contributed by atoms with E-state index in [1.807, 2.05) is 30.0 Å². The predicted molar refractivity (Wildman–Crippen MR) is 101 cm³/mol. The van der Waals surface area contributed by atoms with Crippen LogP contribution >= 0.6 is 11.8 Å². The smallest absolute Gasteiger partial charge is 0.238 e. The predicted octanol–water partition coefficient (Wildman–Crippen LogP) is 4.99. The largest absolute Gasteiger partial charge is 0.493 e. The lowest BCUT2D eigenvalue weighted by Gasteiger charge is -2.26. The van der Waals surface area contributed by atoms with Crippen LogP contribution in [0.4, 0.5) is 5.69 Å². The van der Waals surface area contributed by atoms with Crippen LogP contribution in [0.1, 0.15) is 43.2 Å². The summed E-state index contributed by atoms with van der Waals surface area (Å²) in [4.78, 5) is 14.4. The summed E-state index contributed by atoms with van der Waals surface area (Å²) in [5.41, 5.74) is 3.29. The molecule has 0 spiro atoms. The average Bonchev–Trinajstić information content (AvgIpc) is 2.97. The molecule has 24 heavy (non-hydrogen) atoms. The molecule has 1 atom stereocenters. The number of carbonyl (C=O) groups excluding carboxylic acids is 1. The van der Waals surface area contributed by atoms with E-state index in [0.29, 0.717) is 18.3 Å². The molecule has 1 saturated heterocycles. The first-order valence-corrected chi connectivity index (χ1v) is 9.42. The van der Waals surface area contributed by atoms with Crippen LogP contribution in [-0.2, 0) is 4.79 Å². The molecule has 1 aliphatic rings. The molecular formula is C20H23NO2S. The molecule has 2 aromatic rings. The van der Waals surface area contributed by atoms with Gasteiger partial charge in [0, 0.05) is 11.3 Å². The lowest BCUT2D eigenvalue weighted by molar-refractivity contribution is -0.115. The molecule has 1 heterocycles. The van der Waals surface area contributed by atoms with Gasteiger partial charge in [-0.2, -0.15) is 0 Å². The van der Waals surface area contributed by atoms with Gasteiger partial charge < -0.3 is 4.74 Å². The summed E-state index contributed by atoms with van der Waals surface area (Å²) in [5, 5.41) is -0.0369. The monoisotopic (exact) mass is 341 g/mol. The van der Waals surface area contributed by atoms with Crippen LogP contribution < -0.4 is 9.64 Å². The highest BCUT2D eigenvalue weighted by molar-refractivity contribution is 8.00. The van der Waals surface area contributed by atoms with Crippen LogP contribution in [0.25, 0.3) is 0 Å². The van der Waals surface area contributed by atoms with Crippen molar-refractivity contribution < 1.29 is 9.53 Å². The van der Waals surface area contributed by atoms with Crippen LogP contribution in [0.3, 0.4) is 0 Å². The number of ether oxygens (including phenoxy) is 1. The molecule has 0 unspecified atom stereocenters. The number of hydrogen-bond acceptors (Lipinski definition) is 3. The molecule has 0 bridgehead atoms. The minimum absolute atomic E-state index is 0.0369. The fourth-order valence-electron chi connectivity index (χ4n) is 2.92. The van der Waals surface area contributed by atoms with Crippen molar-refractivity contribution in [2.75, 3.05) is 17.3 Å². The molecule has 3 nitrogen and oxygen atoms in total. The van der Waals surface area contributed by atoms with E-state index in [1.54, 1.807) is 11.8 Å². The van der Waals surface area contributed by atoms with Crippen molar-refractivity contribution >= 4 is 23.4 Å². The molecule has 0 N–H and O–H groups in total. The first-order valence-electron chi connectivity index (χ1n) is 8.37. The van der Waals surface area contributed by atoms with Crippen LogP contribution in [0.2, 0.25) is 0 Å². The molecule has 3 rings (SSSR count). The highest BCUT2D eigenvalue weighted by Crippen LogP contribution is 2.44. The Kier molecular flexibility index (Phi) is 5.14. The maximum atomic E-state index is 12.5. The highest BCUT2D eigenvalue weighted by Gasteiger charge is 2.35. The van der Waals surface area contributed by atoms with Gasteiger partial charge in [-0.1, -0.05) is 44.2 Å². The van der Waals surface area contributed by atoms with Crippen LogP contribution in [-0.4, -0.2) is 18.3 Å². The quantitative estimate of drug-likeness (QED) is 0.767. The lowest BCUT2D eigenvalue weighted by Crippen LogP contribution is -2.28. The Labute approximate surface area is 148 Å². The van der Waals surface area contributed by atoms with E-state index >= 15 is 0 Å². The first kappa shape index (κ1) is 16.9. The van der Waals surface area contributed by atoms with Gasteiger partial charge in [-0.3, -0.25) is 9.69 Å². The first-order chi connectivity index (χ1) is 11.6. The zero-order valence-corrected chi connectivity index (χ0v) is 15.2. The van der Waals surface area contributed by atoms with Gasteiger partial charge in [-0.05, 0) is 36.6 Å². The summed E-state index contributed by atoms with van der Waals surface area (Å²) in [7, 11) is 0. The Bertz CT molecular complexity index is 712. The van der Waals surface area contributed by atoms with Gasteiger partial charge in [-0.15, -0.1) is 11.8 Å². The van der Waals surface area contributed by atoms with Gasteiger partial charge in [0.15, 0.2) is 0 Å². The zero-order chi connectivity index (χ0) is 17.1. The summed E-state index contributed by atoms with van der Waals surface area (Å²) >= 11 is 1.65. The average molecular weight is 341 g/mol. The van der Waals surface area contributed by atoms with Gasteiger partial charge >= 0.3 is 0 Å². The highest BCUT2D eigenvalue weighted by atomic mass is 32.2. The maximum Gasteiger partial charge on any atom is 0.238 e. The van der Waals surface area contributed by atoms with Crippen LogP contribution in [0.5, 0.6) is 5.75 Å². The molecule has 126 valence electrons. The second-order valence-electron chi connectivity index (χ2n) is 6.14. The summed E-state index contributed by atoms with van der Waals surface area (Å²) in [6.07, 6.45) is 0. The molecule has 0 aromatic heterocycles. The number of hydrogen-bond donors (Lipinski definition) is 0. The summed E-state index contributed by atoms with van der Waals surface area (Å²) in [6.45, 7) is 6.94. The summed E-state index contributed by atoms with van der Waals surface area (Å²) in [6, 6.07) is 16.3. The topological polar surface area (TPSA) is 29.5 Å². The Balaban J connectivity index is 1.95. The van der Waals surface area contributed by atoms with E-state index in [0.717, 1.165) is 17.0 Å². The fourth-order valence-corrected chi connectivity index (χ4v) is 4.13. The molecule has 1 aliphatic heterocycles. The van der Waals surface area contributed by atoms with E-state index in [9.17, 15) is 4.79 Å². The molecule has 1 amide bonds. The third-order valence-electron chi connectivity index (χ3n) is 4.19. The van der Waals surface area contributed by atoms with Gasteiger partial charge in [0.05, 0.1) is 12.4 Å². The number of para-hydroxylation sites is 1. The zero-order valence-electron chi connectivity index (χ0n) is 14.4. The summed E-state index contributed by atoms with van der Waals surface area (Å²) in [5.74, 6) is 1.98. The Morgan fingerprint density at radius 1 is 1.17 bits per heavy atom. The van der Waals surface area contributed by atoms with Gasteiger partial charge in [0.1, 0.15) is 11.1 Å². The normalized spacial score (nSPS) is 17.6. The lowest BCUT2D eigenvalue weighted by atomic mass is 10.0. The number of amides is 1.